The van der Waals surface area contributed by atoms with Gasteiger partial charge in [0.05, 0.1) is 0 Å². The molecule has 0 bridgehead atoms. The van der Waals surface area contributed by atoms with Gasteiger partial charge < -0.3 is 5.32 Å². The Bertz CT molecular complexity index is 2700. The standard InChI is InChI=1S/C54H45N3/c1-54(2)48-23-13-12-21-46(48)50-44(22-14-24-49(50)54)40-27-31-42(32-28-40)52-55-51(41-29-25-38(26-30-41)36-15-6-3-7-16-36)56-53(57-52)45-34-33-43(37-17-8-4-9-18-37)35-47(45)39-19-10-5-11-20-39/h3-4,6-10,12-27,29-31,33-35,51H,5,11,28,32H2,1-2H3,(H,55,56,57). The Morgan fingerprint density at radius 1 is 0.561 bits per heavy atom. The van der Waals surface area contributed by atoms with Gasteiger partial charge in [0.1, 0.15) is 12.0 Å². The number of nitrogens with one attached hydrogen (secondary N) is 1. The van der Waals surface area contributed by atoms with Gasteiger partial charge in [0, 0.05) is 11.0 Å². The summed E-state index contributed by atoms with van der Waals surface area (Å²) in [5.41, 5.74) is 18.8. The van der Waals surface area contributed by atoms with Crippen molar-refractivity contribution in [1.29, 1.82) is 0 Å². The van der Waals surface area contributed by atoms with Crippen molar-refractivity contribution < 1.29 is 0 Å². The second-order valence-electron chi connectivity index (χ2n) is 16.0. The summed E-state index contributed by atoms with van der Waals surface area (Å²) >= 11 is 0. The van der Waals surface area contributed by atoms with Crippen LogP contribution in [0.25, 0.3) is 44.5 Å². The molecule has 10 rings (SSSR count). The quantitative estimate of drug-likeness (QED) is 0.174. The summed E-state index contributed by atoms with van der Waals surface area (Å²) in [6, 6.07) is 52.6. The van der Waals surface area contributed by atoms with E-state index in [0.717, 1.165) is 54.1 Å². The van der Waals surface area contributed by atoms with Crippen LogP contribution in [0.4, 0.5) is 0 Å². The predicted molar refractivity (Wildman–Crippen MR) is 239 cm³/mol. The number of benzene rings is 6. The van der Waals surface area contributed by atoms with Crippen LogP contribution in [0, 0.1) is 0 Å². The summed E-state index contributed by atoms with van der Waals surface area (Å²) in [4.78, 5) is 10.7. The molecule has 0 saturated heterocycles. The molecule has 1 heterocycles. The molecule has 3 aliphatic carbocycles. The van der Waals surface area contributed by atoms with Crippen molar-refractivity contribution in [3.05, 3.63) is 215 Å². The number of hydrogen-bond acceptors (Lipinski definition) is 3. The minimum Gasteiger partial charge on any atom is -0.344 e. The number of nitrogens with zero attached hydrogens (tertiary/aromatic N) is 2. The smallest absolute Gasteiger partial charge is 0.155 e. The monoisotopic (exact) mass is 735 g/mol. The minimum absolute atomic E-state index is 0.0248. The highest BCUT2D eigenvalue weighted by Crippen LogP contribution is 2.51. The lowest BCUT2D eigenvalue weighted by Crippen LogP contribution is -2.34. The van der Waals surface area contributed by atoms with Gasteiger partial charge in [-0.05, 0) is 110 Å². The molecule has 6 aromatic carbocycles. The molecule has 1 unspecified atom stereocenters. The zero-order valence-electron chi connectivity index (χ0n) is 32.5. The SMILES string of the molecule is CC1(C)c2ccccc2-c2c(C3=CC=C(C4=NC(c5ccc(-c6ccccc6)cc5)NC(c5ccc(-c6ccccc6)cc5C5=CCCC=C5)=N4)CC3)cccc21. The highest BCUT2D eigenvalue weighted by Gasteiger charge is 2.37. The molecule has 3 heteroatoms. The molecule has 276 valence electrons. The Kier molecular flexibility index (Phi) is 8.87. The van der Waals surface area contributed by atoms with Crippen LogP contribution >= 0.6 is 0 Å². The molecule has 0 saturated carbocycles. The van der Waals surface area contributed by atoms with Crippen LogP contribution < -0.4 is 5.32 Å². The lowest BCUT2D eigenvalue weighted by molar-refractivity contribution is 0.660. The molecule has 6 aromatic rings. The minimum atomic E-state index is -0.294. The van der Waals surface area contributed by atoms with Gasteiger partial charge in [0.2, 0.25) is 0 Å². The lowest BCUT2D eigenvalue weighted by Gasteiger charge is -2.27. The van der Waals surface area contributed by atoms with Gasteiger partial charge in [-0.25, -0.2) is 9.98 Å². The molecule has 1 N–H and O–H groups in total. The molecule has 0 radical (unpaired) electrons. The molecule has 0 fully saturated rings. The summed E-state index contributed by atoms with van der Waals surface area (Å²) < 4.78 is 0. The van der Waals surface area contributed by atoms with E-state index < -0.39 is 0 Å². The summed E-state index contributed by atoms with van der Waals surface area (Å²) in [6.45, 7) is 4.71. The number of rotatable bonds is 7. The molecule has 4 aliphatic rings. The van der Waals surface area contributed by atoms with E-state index in [1.807, 2.05) is 0 Å². The van der Waals surface area contributed by atoms with Gasteiger partial charge in [0.25, 0.3) is 0 Å². The van der Waals surface area contributed by atoms with Gasteiger partial charge in [-0.1, -0.05) is 184 Å². The van der Waals surface area contributed by atoms with Gasteiger partial charge in [-0.2, -0.15) is 0 Å². The molecule has 0 spiro atoms. The summed E-state index contributed by atoms with van der Waals surface area (Å²) in [5.74, 6) is 1.65. The van der Waals surface area contributed by atoms with Crippen molar-refractivity contribution in [2.45, 2.75) is 51.1 Å². The van der Waals surface area contributed by atoms with Crippen LogP contribution in [0.2, 0.25) is 0 Å². The molecule has 1 aliphatic heterocycles. The van der Waals surface area contributed by atoms with E-state index in [1.165, 1.54) is 66.8 Å². The van der Waals surface area contributed by atoms with Gasteiger partial charge in [0.15, 0.2) is 5.84 Å². The molecule has 1 atom stereocenters. The molecule has 3 nitrogen and oxygen atoms in total. The maximum Gasteiger partial charge on any atom is 0.155 e. The Balaban J connectivity index is 1.07. The van der Waals surface area contributed by atoms with E-state index in [4.69, 9.17) is 9.98 Å². The summed E-state index contributed by atoms with van der Waals surface area (Å²) in [5, 5.41) is 3.80. The van der Waals surface area contributed by atoms with Crippen molar-refractivity contribution in [3.63, 3.8) is 0 Å². The van der Waals surface area contributed by atoms with E-state index in [0.29, 0.717) is 0 Å². The predicted octanol–water partition coefficient (Wildman–Crippen LogP) is 13.3. The average Bonchev–Trinajstić information content (AvgIpc) is 3.53. The second kappa shape index (κ2) is 14.5. The third-order valence-electron chi connectivity index (χ3n) is 12.2. The van der Waals surface area contributed by atoms with Crippen molar-refractivity contribution in [1.82, 2.24) is 5.32 Å². The number of aliphatic imine (C=N–C) groups is 2. The topological polar surface area (TPSA) is 36.8 Å². The Morgan fingerprint density at radius 2 is 1.21 bits per heavy atom. The van der Waals surface area contributed by atoms with E-state index >= 15 is 0 Å². The van der Waals surface area contributed by atoms with E-state index in [9.17, 15) is 0 Å². The zero-order valence-corrected chi connectivity index (χ0v) is 32.5. The number of fused-ring (bicyclic) bond motifs is 3. The largest absolute Gasteiger partial charge is 0.344 e. The van der Waals surface area contributed by atoms with Crippen LogP contribution in [-0.2, 0) is 5.41 Å². The second-order valence-corrected chi connectivity index (χ2v) is 16.0. The van der Waals surface area contributed by atoms with Crippen molar-refractivity contribution >= 4 is 22.8 Å². The Hall–Kier alpha value is -6.58. The van der Waals surface area contributed by atoms with Crippen LogP contribution in [0.1, 0.15) is 79.1 Å². The first-order valence-corrected chi connectivity index (χ1v) is 20.3. The Labute approximate surface area is 336 Å². The van der Waals surface area contributed by atoms with Gasteiger partial charge in [-0.15, -0.1) is 0 Å². The van der Waals surface area contributed by atoms with E-state index in [-0.39, 0.29) is 11.6 Å². The maximum absolute atomic E-state index is 5.39. The maximum atomic E-state index is 5.39. The molecule has 0 amide bonds. The first-order valence-electron chi connectivity index (χ1n) is 20.3. The average molecular weight is 736 g/mol. The summed E-state index contributed by atoms with van der Waals surface area (Å²) in [6.07, 6.45) is 15.1. The van der Waals surface area contributed by atoms with Gasteiger partial charge >= 0.3 is 0 Å². The van der Waals surface area contributed by atoms with Crippen LogP contribution in [0.15, 0.2) is 192 Å². The first kappa shape index (κ1) is 34.9. The van der Waals surface area contributed by atoms with Crippen molar-refractivity contribution in [2.75, 3.05) is 0 Å². The number of hydrogen-bond donors (Lipinski definition) is 1. The zero-order chi connectivity index (χ0) is 38.3. The van der Waals surface area contributed by atoms with Crippen molar-refractivity contribution in [3.8, 4) is 33.4 Å². The fourth-order valence-corrected chi connectivity index (χ4v) is 9.07. The number of allylic oxidation sites excluding steroid dienone is 7. The fraction of sp³-hybridized carbons (Fsp3) is 0.148. The lowest BCUT2D eigenvalue weighted by atomic mass is 9.81. The molecule has 57 heavy (non-hydrogen) atoms. The molecular weight excluding hydrogens is 691 g/mol. The van der Waals surface area contributed by atoms with Crippen LogP contribution in [0.5, 0.6) is 0 Å². The summed E-state index contributed by atoms with van der Waals surface area (Å²) in [7, 11) is 0. The molecular formula is C54H45N3. The highest BCUT2D eigenvalue weighted by molar-refractivity contribution is 6.15. The van der Waals surface area contributed by atoms with Crippen LogP contribution in [-0.4, -0.2) is 11.7 Å². The van der Waals surface area contributed by atoms with Crippen molar-refractivity contribution in [2.24, 2.45) is 9.98 Å². The molecule has 0 aromatic heterocycles. The Morgan fingerprint density at radius 3 is 1.95 bits per heavy atom. The highest BCUT2D eigenvalue weighted by atomic mass is 15.2. The first-order chi connectivity index (χ1) is 28.0. The fourth-order valence-electron chi connectivity index (χ4n) is 9.07. The normalized spacial score (nSPS) is 17.9. The van der Waals surface area contributed by atoms with E-state index in [1.54, 1.807) is 0 Å². The van der Waals surface area contributed by atoms with E-state index in [2.05, 4.69) is 195 Å². The third kappa shape index (κ3) is 6.43. The number of amidine groups is 2. The third-order valence-corrected chi connectivity index (χ3v) is 12.2. The van der Waals surface area contributed by atoms with Gasteiger partial charge in [-0.3, -0.25) is 0 Å². The van der Waals surface area contributed by atoms with Crippen LogP contribution in [0.3, 0.4) is 0 Å².